The molecule has 0 spiro atoms. The van der Waals surface area contributed by atoms with Gasteiger partial charge in [-0.1, -0.05) is 6.07 Å². The molecule has 1 fully saturated rings. The maximum Gasteiger partial charge on any atom is 0.350 e. The first-order valence-electron chi connectivity index (χ1n) is 6.59. The van der Waals surface area contributed by atoms with Crippen LogP contribution < -0.4 is 5.32 Å². The number of benzene rings is 1. The Kier molecular flexibility index (Phi) is 3.13. The van der Waals surface area contributed by atoms with Crippen LogP contribution in [0, 0.1) is 0 Å². The highest BCUT2D eigenvalue weighted by Gasteiger charge is 2.38. The van der Waals surface area contributed by atoms with Gasteiger partial charge in [0.05, 0.1) is 5.56 Å². The lowest BCUT2D eigenvalue weighted by Gasteiger charge is -2.29. The number of ether oxygens (including phenoxy) is 3. The standard InChI is InChI=1S/C15H13NO6/c1-15(2)21-13(18)11(14(19)22-15)6-16-9-4-3-8-7-20-12(17)10(8)5-9/h3-6,16H,7H2,1-2H3. The van der Waals surface area contributed by atoms with Crippen molar-refractivity contribution in [2.24, 2.45) is 0 Å². The highest BCUT2D eigenvalue weighted by molar-refractivity contribution is 6.15. The van der Waals surface area contributed by atoms with Crippen molar-refractivity contribution in [3.8, 4) is 0 Å². The molecular formula is C15H13NO6. The summed E-state index contributed by atoms with van der Waals surface area (Å²) in [5, 5.41) is 2.78. The van der Waals surface area contributed by atoms with Gasteiger partial charge in [-0.2, -0.15) is 0 Å². The summed E-state index contributed by atoms with van der Waals surface area (Å²) in [6.45, 7) is 3.20. The Balaban J connectivity index is 1.80. The predicted octanol–water partition coefficient (Wildman–Crippen LogP) is 1.49. The van der Waals surface area contributed by atoms with Gasteiger partial charge >= 0.3 is 17.9 Å². The molecule has 2 heterocycles. The Bertz CT molecular complexity index is 697. The molecule has 1 aromatic carbocycles. The number of hydrogen-bond donors (Lipinski definition) is 1. The van der Waals surface area contributed by atoms with E-state index in [1.807, 2.05) is 0 Å². The van der Waals surface area contributed by atoms with Crippen molar-refractivity contribution in [2.45, 2.75) is 26.2 Å². The smallest absolute Gasteiger partial charge is 0.350 e. The summed E-state index contributed by atoms with van der Waals surface area (Å²) in [6, 6.07) is 5.04. The van der Waals surface area contributed by atoms with E-state index in [1.165, 1.54) is 20.0 Å². The highest BCUT2D eigenvalue weighted by atomic mass is 16.7. The van der Waals surface area contributed by atoms with Crippen molar-refractivity contribution in [3.63, 3.8) is 0 Å². The fraction of sp³-hybridized carbons (Fsp3) is 0.267. The third kappa shape index (κ3) is 2.52. The Morgan fingerprint density at radius 2 is 1.77 bits per heavy atom. The molecule has 114 valence electrons. The highest BCUT2D eigenvalue weighted by Crippen LogP contribution is 2.25. The molecule has 0 atom stereocenters. The first-order chi connectivity index (χ1) is 10.4. The molecule has 2 aliphatic heterocycles. The second-order valence-corrected chi connectivity index (χ2v) is 5.33. The van der Waals surface area contributed by atoms with Gasteiger partial charge in [-0.25, -0.2) is 14.4 Å². The lowest BCUT2D eigenvalue weighted by Crippen LogP contribution is -2.42. The summed E-state index contributed by atoms with van der Waals surface area (Å²) in [5.74, 6) is -3.21. The number of cyclic esters (lactones) is 3. The maximum atomic E-state index is 11.8. The first kappa shape index (κ1) is 14.1. The third-order valence-electron chi connectivity index (χ3n) is 3.19. The number of rotatable bonds is 2. The van der Waals surface area contributed by atoms with Crippen molar-refractivity contribution in [1.82, 2.24) is 0 Å². The van der Waals surface area contributed by atoms with Crippen LogP contribution >= 0.6 is 0 Å². The molecule has 1 saturated heterocycles. The molecule has 7 heteroatoms. The molecule has 0 amide bonds. The topological polar surface area (TPSA) is 90.9 Å². The van der Waals surface area contributed by atoms with Gasteiger partial charge in [0.25, 0.3) is 5.79 Å². The quantitative estimate of drug-likeness (QED) is 0.503. The lowest BCUT2D eigenvalue weighted by atomic mass is 10.1. The normalized spacial score (nSPS) is 19.0. The molecule has 0 saturated carbocycles. The zero-order valence-corrected chi connectivity index (χ0v) is 12.0. The van der Waals surface area contributed by atoms with Crippen LogP contribution in [-0.4, -0.2) is 23.7 Å². The van der Waals surface area contributed by atoms with E-state index in [1.54, 1.807) is 18.2 Å². The van der Waals surface area contributed by atoms with Crippen LogP contribution in [0.3, 0.4) is 0 Å². The molecule has 3 rings (SSSR count). The van der Waals surface area contributed by atoms with Crippen molar-refractivity contribution in [3.05, 3.63) is 41.1 Å². The molecule has 2 aliphatic rings. The maximum absolute atomic E-state index is 11.8. The van der Waals surface area contributed by atoms with Crippen LogP contribution in [0.1, 0.15) is 29.8 Å². The SMILES string of the molecule is CC1(C)OC(=O)C(=CNc2ccc3c(c2)C(=O)OC3)C(=O)O1. The molecule has 22 heavy (non-hydrogen) atoms. The molecule has 1 N–H and O–H groups in total. The van der Waals surface area contributed by atoms with Crippen molar-refractivity contribution >= 4 is 23.6 Å². The van der Waals surface area contributed by atoms with E-state index in [2.05, 4.69) is 5.32 Å². The largest absolute Gasteiger partial charge is 0.457 e. The summed E-state index contributed by atoms with van der Waals surface area (Å²) in [7, 11) is 0. The minimum absolute atomic E-state index is 0.248. The van der Waals surface area contributed by atoms with Gasteiger partial charge in [-0.15, -0.1) is 0 Å². The zero-order chi connectivity index (χ0) is 15.9. The number of anilines is 1. The number of carbonyl (C=O) groups excluding carboxylic acids is 3. The molecule has 1 aromatic rings. The van der Waals surface area contributed by atoms with E-state index in [4.69, 9.17) is 14.2 Å². The van der Waals surface area contributed by atoms with Gasteiger partial charge in [-0.3, -0.25) is 0 Å². The summed E-state index contributed by atoms with van der Waals surface area (Å²) in [6.07, 6.45) is 1.20. The van der Waals surface area contributed by atoms with Crippen LogP contribution in [0.5, 0.6) is 0 Å². The molecule has 0 bridgehead atoms. The zero-order valence-electron chi connectivity index (χ0n) is 12.0. The molecule has 0 radical (unpaired) electrons. The Morgan fingerprint density at radius 1 is 1.09 bits per heavy atom. The molecule has 7 nitrogen and oxygen atoms in total. The summed E-state index contributed by atoms with van der Waals surface area (Å²) in [5.41, 5.74) is 1.54. The summed E-state index contributed by atoms with van der Waals surface area (Å²) >= 11 is 0. The predicted molar refractivity (Wildman–Crippen MR) is 73.5 cm³/mol. The van der Waals surface area contributed by atoms with Crippen LogP contribution in [0.2, 0.25) is 0 Å². The van der Waals surface area contributed by atoms with Gasteiger partial charge in [0.1, 0.15) is 6.61 Å². The van der Waals surface area contributed by atoms with Crippen LogP contribution in [0.4, 0.5) is 5.69 Å². The minimum atomic E-state index is -1.27. The Hall–Kier alpha value is -2.83. The second-order valence-electron chi connectivity index (χ2n) is 5.33. The van der Waals surface area contributed by atoms with E-state index in [0.29, 0.717) is 11.3 Å². The molecular weight excluding hydrogens is 290 g/mol. The van der Waals surface area contributed by atoms with Gasteiger partial charge < -0.3 is 19.5 Å². The summed E-state index contributed by atoms with van der Waals surface area (Å²) < 4.78 is 14.8. The van der Waals surface area contributed by atoms with Crippen LogP contribution in [0.25, 0.3) is 0 Å². The molecule has 0 aliphatic carbocycles. The van der Waals surface area contributed by atoms with Crippen LogP contribution in [-0.2, 0) is 30.4 Å². The molecule has 0 unspecified atom stereocenters. The van der Waals surface area contributed by atoms with Crippen molar-refractivity contribution < 1.29 is 28.6 Å². The van der Waals surface area contributed by atoms with Gasteiger partial charge in [0.2, 0.25) is 0 Å². The first-order valence-corrected chi connectivity index (χ1v) is 6.59. The number of hydrogen-bond acceptors (Lipinski definition) is 7. The number of carbonyl (C=O) groups is 3. The van der Waals surface area contributed by atoms with E-state index in [0.717, 1.165) is 5.56 Å². The van der Waals surface area contributed by atoms with Crippen molar-refractivity contribution in [2.75, 3.05) is 5.32 Å². The van der Waals surface area contributed by atoms with E-state index in [9.17, 15) is 14.4 Å². The van der Waals surface area contributed by atoms with E-state index < -0.39 is 23.7 Å². The number of nitrogens with one attached hydrogen (secondary N) is 1. The second kappa shape index (κ2) is 4.87. The van der Waals surface area contributed by atoms with Gasteiger partial charge in [-0.05, 0) is 12.1 Å². The van der Waals surface area contributed by atoms with Crippen LogP contribution in [0.15, 0.2) is 30.0 Å². The van der Waals surface area contributed by atoms with Gasteiger partial charge in [0, 0.05) is 31.3 Å². The number of fused-ring (bicyclic) bond motifs is 1. The Labute approximate surface area is 125 Å². The van der Waals surface area contributed by atoms with E-state index >= 15 is 0 Å². The number of esters is 3. The molecule has 0 aromatic heterocycles. The fourth-order valence-electron chi connectivity index (χ4n) is 2.14. The third-order valence-corrected chi connectivity index (χ3v) is 3.19. The fourth-order valence-corrected chi connectivity index (χ4v) is 2.14. The summed E-state index contributed by atoms with van der Waals surface area (Å²) in [4.78, 5) is 35.0. The van der Waals surface area contributed by atoms with Gasteiger partial charge in [0.15, 0.2) is 5.57 Å². The Morgan fingerprint density at radius 3 is 2.45 bits per heavy atom. The van der Waals surface area contributed by atoms with E-state index in [-0.39, 0.29) is 12.2 Å². The monoisotopic (exact) mass is 303 g/mol. The minimum Gasteiger partial charge on any atom is -0.457 e. The average Bonchev–Trinajstić information content (AvgIpc) is 2.78. The van der Waals surface area contributed by atoms with Crippen molar-refractivity contribution in [1.29, 1.82) is 0 Å². The average molecular weight is 303 g/mol. The lowest BCUT2D eigenvalue weighted by molar-refractivity contribution is -0.222.